The quantitative estimate of drug-likeness (QED) is 0.820. The summed E-state index contributed by atoms with van der Waals surface area (Å²) < 4.78 is 0. The molecule has 15 heavy (non-hydrogen) atoms. The molecule has 0 amide bonds. The Morgan fingerprint density at radius 3 is 3.00 bits per heavy atom. The van der Waals surface area contributed by atoms with Crippen molar-refractivity contribution in [1.82, 2.24) is 4.90 Å². The van der Waals surface area contributed by atoms with Gasteiger partial charge in [-0.1, -0.05) is 13.0 Å². The third-order valence-corrected chi connectivity index (χ3v) is 3.28. The van der Waals surface area contributed by atoms with Gasteiger partial charge in [0.15, 0.2) is 0 Å². The molecule has 1 N–H and O–H groups in total. The molecule has 2 heteroatoms. The Morgan fingerprint density at radius 2 is 2.27 bits per heavy atom. The minimum absolute atomic E-state index is 0.396. The van der Waals surface area contributed by atoms with E-state index in [1.807, 2.05) is 6.07 Å². The van der Waals surface area contributed by atoms with Crippen LogP contribution in [-0.2, 0) is 6.42 Å². The van der Waals surface area contributed by atoms with Crippen molar-refractivity contribution in [2.45, 2.75) is 32.2 Å². The van der Waals surface area contributed by atoms with E-state index in [-0.39, 0.29) is 0 Å². The Balaban J connectivity index is 2.21. The summed E-state index contributed by atoms with van der Waals surface area (Å²) in [4.78, 5) is 2.42. The number of nitrogens with zero attached hydrogens (tertiary/aromatic N) is 1. The number of aryl methyl sites for hydroxylation is 1. The molecule has 0 fully saturated rings. The Bertz CT molecular complexity index is 348. The summed E-state index contributed by atoms with van der Waals surface area (Å²) >= 11 is 0. The molecule has 2 nitrogen and oxygen atoms in total. The largest absolute Gasteiger partial charge is 0.508 e. The number of phenolic OH excluding ortho intramolecular Hbond substituents is 1. The van der Waals surface area contributed by atoms with Crippen LogP contribution in [0.5, 0.6) is 5.75 Å². The van der Waals surface area contributed by atoms with Gasteiger partial charge in [0.1, 0.15) is 5.75 Å². The lowest BCUT2D eigenvalue weighted by Crippen LogP contribution is -2.23. The molecule has 0 saturated carbocycles. The Labute approximate surface area is 91.5 Å². The van der Waals surface area contributed by atoms with E-state index < -0.39 is 0 Å². The molecule has 1 unspecified atom stereocenters. The highest BCUT2D eigenvalue weighted by Gasteiger charge is 2.25. The topological polar surface area (TPSA) is 23.5 Å². The van der Waals surface area contributed by atoms with Crippen molar-refractivity contribution in [3.05, 3.63) is 29.3 Å². The number of benzene rings is 1. The number of aromatic hydroxyl groups is 1. The van der Waals surface area contributed by atoms with Crippen molar-refractivity contribution in [2.75, 3.05) is 13.6 Å². The zero-order valence-corrected chi connectivity index (χ0v) is 9.53. The minimum Gasteiger partial charge on any atom is -0.508 e. The van der Waals surface area contributed by atoms with Gasteiger partial charge in [-0.15, -0.1) is 0 Å². The summed E-state index contributed by atoms with van der Waals surface area (Å²) in [5, 5.41) is 9.41. The number of hydrogen-bond donors (Lipinski definition) is 1. The van der Waals surface area contributed by atoms with Crippen LogP contribution in [0.2, 0.25) is 0 Å². The zero-order valence-electron chi connectivity index (χ0n) is 9.53. The van der Waals surface area contributed by atoms with E-state index in [1.54, 1.807) is 6.07 Å². The maximum Gasteiger partial charge on any atom is 0.115 e. The van der Waals surface area contributed by atoms with Gasteiger partial charge < -0.3 is 5.11 Å². The molecule has 1 aliphatic carbocycles. The Morgan fingerprint density at radius 1 is 1.47 bits per heavy atom. The minimum atomic E-state index is 0.396. The van der Waals surface area contributed by atoms with E-state index in [9.17, 15) is 5.11 Å². The maximum atomic E-state index is 9.41. The molecule has 0 aromatic heterocycles. The molecule has 0 heterocycles. The molecule has 0 spiro atoms. The van der Waals surface area contributed by atoms with Gasteiger partial charge in [0.25, 0.3) is 0 Å². The second-order valence-electron chi connectivity index (χ2n) is 4.42. The Hall–Kier alpha value is -1.02. The van der Waals surface area contributed by atoms with Crippen LogP contribution in [0.4, 0.5) is 0 Å². The van der Waals surface area contributed by atoms with Gasteiger partial charge >= 0.3 is 0 Å². The van der Waals surface area contributed by atoms with E-state index in [0.717, 1.165) is 13.0 Å². The molecule has 2 rings (SSSR count). The molecular weight excluding hydrogens is 186 g/mol. The lowest BCUT2D eigenvalue weighted by molar-refractivity contribution is 0.245. The van der Waals surface area contributed by atoms with Gasteiger partial charge in [-0.05, 0) is 56.1 Å². The summed E-state index contributed by atoms with van der Waals surface area (Å²) in [6.07, 6.45) is 3.48. The summed E-state index contributed by atoms with van der Waals surface area (Å²) in [5.74, 6) is 0.396. The highest BCUT2D eigenvalue weighted by atomic mass is 16.3. The average molecular weight is 205 g/mol. The highest BCUT2D eigenvalue weighted by molar-refractivity contribution is 5.40. The van der Waals surface area contributed by atoms with Crippen LogP contribution in [0.1, 0.15) is 36.9 Å². The summed E-state index contributed by atoms with van der Waals surface area (Å²) in [6.45, 7) is 3.36. The first kappa shape index (κ1) is 10.5. The van der Waals surface area contributed by atoms with Gasteiger partial charge in [0.2, 0.25) is 0 Å². The van der Waals surface area contributed by atoms with Crippen molar-refractivity contribution in [3.8, 4) is 5.75 Å². The highest BCUT2D eigenvalue weighted by Crippen LogP contribution is 2.36. The smallest absolute Gasteiger partial charge is 0.115 e. The molecule has 0 bridgehead atoms. The van der Waals surface area contributed by atoms with Gasteiger partial charge in [-0.25, -0.2) is 0 Å². The molecule has 1 atom stereocenters. The van der Waals surface area contributed by atoms with E-state index in [1.165, 1.54) is 24.0 Å². The maximum absolute atomic E-state index is 9.41. The second-order valence-corrected chi connectivity index (χ2v) is 4.42. The number of fused-ring (bicyclic) bond motifs is 1. The van der Waals surface area contributed by atoms with Crippen LogP contribution < -0.4 is 0 Å². The SMILES string of the molecule is CCCN(C)C1CCc2cc(O)ccc21. The van der Waals surface area contributed by atoms with Crippen molar-refractivity contribution in [3.63, 3.8) is 0 Å². The first-order valence-electron chi connectivity index (χ1n) is 5.74. The van der Waals surface area contributed by atoms with Crippen molar-refractivity contribution < 1.29 is 5.11 Å². The molecule has 1 aliphatic rings. The number of hydrogen-bond acceptors (Lipinski definition) is 2. The summed E-state index contributed by atoms with van der Waals surface area (Å²) in [5.41, 5.74) is 2.73. The lowest BCUT2D eigenvalue weighted by atomic mass is 10.1. The fourth-order valence-corrected chi connectivity index (χ4v) is 2.55. The normalized spacial score (nSPS) is 19.5. The third-order valence-electron chi connectivity index (χ3n) is 3.28. The van der Waals surface area contributed by atoms with E-state index in [0.29, 0.717) is 11.8 Å². The van der Waals surface area contributed by atoms with Crippen LogP contribution >= 0.6 is 0 Å². The number of rotatable bonds is 3. The fraction of sp³-hybridized carbons (Fsp3) is 0.538. The average Bonchev–Trinajstić information content (AvgIpc) is 2.60. The van der Waals surface area contributed by atoms with Gasteiger partial charge in [-0.3, -0.25) is 4.90 Å². The molecule has 0 saturated heterocycles. The first-order valence-corrected chi connectivity index (χ1v) is 5.74. The fourth-order valence-electron chi connectivity index (χ4n) is 2.55. The standard InChI is InChI=1S/C13H19NO/c1-3-8-14(2)13-7-4-10-9-11(15)5-6-12(10)13/h5-6,9,13,15H,3-4,7-8H2,1-2H3. The van der Waals surface area contributed by atoms with Crippen molar-refractivity contribution in [2.24, 2.45) is 0 Å². The third kappa shape index (κ3) is 2.00. The monoisotopic (exact) mass is 205 g/mol. The molecular formula is C13H19NO. The van der Waals surface area contributed by atoms with Gasteiger partial charge in [0.05, 0.1) is 0 Å². The van der Waals surface area contributed by atoms with Crippen LogP contribution in [-0.4, -0.2) is 23.6 Å². The predicted octanol–water partition coefficient (Wildman–Crippen LogP) is 2.72. The van der Waals surface area contributed by atoms with E-state index in [2.05, 4.69) is 24.9 Å². The van der Waals surface area contributed by atoms with E-state index >= 15 is 0 Å². The van der Waals surface area contributed by atoms with Crippen LogP contribution in [0, 0.1) is 0 Å². The van der Waals surface area contributed by atoms with Crippen molar-refractivity contribution in [1.29, 1.82) is 0 Å². The van der Waals surface area contributed by atoms with Gasteiger partial charge in [-0.2, -0.15) is 0 Å². The van der Waals surface area contributed by atoms with Crippen molar-refractivity contribution >= 4 is 0 Å². The van der Waals surface area contributed by atoms with Gasteiger partial charge in [0, 0.05) is 6.04 Å². The second kappa shape index (κ2) is 4.23. The molecule has 0 aliphatic heterocycles. The first-order chi connectivity index (χ1) is 7.22. The molecule has 1 aromatic rings. The zero-order chi connectivity index (χ0) is 10.8. The molecule has 1 aromatic carbocycles. The van der Waals surface area contributed by atoms with Crippen LogP contribution in [0.15, 0.2) is 18.2 Å². The summed E-state index contributed by atoms with van der Waals surface area (Å²) in [6, 6.07) is 6.35. The van der Waals surface area contributed by atoms with E-state index in [4.69, 9.17) is 0 Å². The number of phenols is 1. The van der Waals surface area contributed by atoms with Crippen LogP contribution in [0.3, 0.4) is 0 Å². The Kier molecular flexibility index (Phi) is 2.96. The predicted molar refractivity (Wildman–Crippen MR) is 62.1 cm³/mol. The summed E-state index contributed by atoms with van der Waals surface area (Å²) in [7, 11) is 2.19. The molecule has 0 radical (unpaired) electrons. The molecule has 82 valence electrons. The lowest BCUT2D eigenvalue weighted by Gasteiger charge is -2.24. The van der Waals surface area contributed by atoms with Crippen LogP contribution in [0.25, 0.3) is 0 Å².